The zero-order chi connectivity index (χ0) is 28.6. The Balaban J connectivity index is 2.19. The van der Waals surface area contributed by atoms with Gasteiger partial charge in [-0.05, 0) is 42.2 Å². The summed E-state index contributed by atoms with van der Waals surface area (Å²) in [6.45, 7) is 11.3. The second kappa shape index (κ2) is 13.9. The molecule has 0 radical (unpaired) electrons. The van der Waals surface area contributed by atoms with E-state index in [9.17, 15) is 24.3 Å². The second-order valence-electron chi connectivity index (χ2n) is 11.1. The summed E-state index contributed by atoms with van der Waals surface area (Å²) in [5.41, 5.74) is 7.60. The smallest absolute Gasteiger partial charge is 0.326 e. The molecule has 0 aliphatic carbocycles. The molecule has 1 aromatic carbocycles. The number of rotatable bonds is 14. The molecule has 7 N–H and O–H groups in total. The number of aromatic nitrogens is 1. The van der Waals surface area contributed by atoms with Crippen molar-refractivity contribution in [3.05, 3.63) is 36.0 Å². The van der Waals surface area contributed by atoms with Crippen LogP contribution in [0.3, 0.4) is 0 Å². The molecule has 10 heteroatoms. The molecule has 2 rings (SSSR count). The molecule has 0 saturated heterocycles. The minimum atomic E-state index is -1.19. The van der Waals surface area contributed by atoms with Gasteiger partial charge in [0.1, 0.15) is 18.1 Å². The lowest BCUT2D eigenvalue weighted by Gasteiger charge is -2.27. The van der Waals surface area contributed by atoms with Crippen molar-refractivity contribution in [1.29, 1.82) is 0 Å². The SMILES string of the molecule is CC(C)CC(NC(=O)C(CC(C)C)NC(=O)C(N)C(C)C)C(=O)NC(Cc1c[nH]c2ccccc12)C(=O)O. The summed E-state index contributed by atoms with van der Waals surface area (Å²) < 4.78 is 0. The lowest BCUT2D eigenvalue weighted by Crippen LogP contribution is -2.58. The van der Waals surface area contributed by atoms with Gasteiger partial charge in [-0.3, -0.25) is 14.4 Å². The van der Waals surface area contributed by atoms with Crippen LogP contribution < -0.4 is 21.7 Å². The minimum Gasteiger partial charge on any atom is -0.480 e. The topological polar surface area (TPSA) is 166 Å². The normalized spacial score (nSPS) is 14.8. The number of para-hydroxylation sites is 1. The Morgan fingerprint density at radius 1 is 0.816 bits per heavy atom. The van der Waals surface area contributed by atoms with Crippen LogP contribution in [0.15, 0.2) is 30.5 Å². The molecule has 0 aliphatic heterocycles. The molecule has 0 aliphatic rings. The first-order chi connectivity index (χ1) is 17.8. The van der Waals surface area contributed by atoms with Gasteiger partial charge in [-0.1, -0.05) is 59.7 Å². The average Bonchev–Trinajstić information content (AvgIpc) is 3.24. The third kappa shape index (κ3) is 8.86. The lowest BCUT2D eigenvalue weighted by atomic mass is 9.98. The summed E-state index contributed by atoms with van der Waals surface area (Å²) in [5, 5.41) is 18.8. The number of nitrogens with two attached hydrogens (primary N) is 1. The maximum atomic E-state index is 13.3. The number of aliphatic carboxylic acids is 1. The first-order valence-corrected chi connectivity index (χ1v) is 13.2. The van der Waals surface area contributed by atoms with Gasteiger partial charge in [0.25, 0.3) is 0 Å². The molecule has 4 atom stereocenters. The van der Waals surface area contributed by atoms with Crippen LogP contribution in [0, 0.1) is 17.8 Å². The van der Waals surface area contributed by atoms with Crippen molar-refractivity contribution in [2.45, 2.75) is 85.0 Å². The number of hydrogen-bond donors (Lipinski definition) is 6. The van der Waals surface area contributed by atoms with Crippen LogP contribution >= 0.6 is 0 Å². The van der Waals surface area contributed by atoms with E-state index in [0.29, 0.717) is 12.8 Å². The van der Waals surface area contributed by atoms with Crippen molar-refractivity contribution in [3.63, 3.8) is 0 Å². The summed E-state index contributed by atoms with van der Waals surface area (Å²) in [5.74, 6) is -2.69. The molecule has 0 fully saturated rings. The second-order valence-corrected chi connectivity index (χ2v) is 11.1. The van der Waals surface area contributed by atoms with Crippen molar-refractivity contribution >= 4 is 34.6 Å². The fraction of sp³-hybridized carbons (Fsp3) is 0.571. The summed E-state index contributed by atoms with van der Waals surface area (Å²) in [6.07, 6.45) is 2.47. The van der Waals surface area contributed by atoms with Crippen LogP contribution in [-0.4, -0.2) is 57.9 Å². The summed E-state index contributed by atoms with van der Waals surface area (Å²) in [6, 6.07) is 3.71. The van der Waals surface area contributed by atoms with E-state index in [4.69, 9.17) is 5.73 Å². The molecular weight excluding hydrogens is 486 g/mol. The Bertz CT molecular complexity index is 1110. The highest BCUT2D eigenvalue weighted by atomic mass is 16.4. The number of fused-ring (bicyclic) bond motifs is 1. The number of carbonyl (C=O) groups is 4. The quantitative estimate of drug-likeness (QED) is 0.220. The number of carboxylic acids is 1. The van der Waals surface area contributed by atoms with E-state index in [1.807, 2.05) is 65.8 Å². The molecule has 0 spiro atoms. The van der Waals surface area contributed by atoms with E-state index in [-0.39, 0.29) is 24.2 Å². The van der Waals surface area contributed by atoms with Crippen LogP contribution in [0.2, 0.25) is 0 Å². The van der Waals surface area contributed by atoms with Gasteiger partial charge < -0.3 is 31.8 Å². The van der Waals surface area contributed by atoms with Gasteiger partial charge in [0.05, 0.1) is 6.04 Å². The van der Waals surface area contributed by atoms with E-state index in [1.54, 1.807) is 6.20 Å². The maximum absolute atomic E-state index is 13.3. The predicted molar refractivity (Wildman–Crippen MR) is 147 cm³/mol. The number of aromatic amines is 1. The lowest BCUT2D eigenvalue weighted by molar-refractivity contribution is -0.142. The van der Waals surface area contributed by atoms with Crippen LogP contribution in [0.5, 0.6) is 0 Å². The van der Waals surface area contributed by atoms with Gasteiger partial charge in [0.15, 0.2) is 0 Å². The third-order valence-corrected chi connectivity index (χ3v) is 6.41. The monoisotopic (exact) mass is 529 g/mol. The molecule has 1 heterocycles. The van der Waals surface area contributed by atoms with Crippen molar-refractivity contribution in [1.82, 2.24) is 20.9 Å². The third-order valence-electron chi connectivity index (χ3n) is 6.41. The van der Waals surface area contributed by atoms with E-state index < -0.39 is 47.9 Å². The number of amides is 3. The predicted octanol–water partition coefficient (Wildman–Crippen LogP) is 2.32. The molecule has 2 aromatic rings. The van der Waals surface area contributed by atoms with Crippen molar-refractivity contribution in [2.75, 3.05) is 0 Å². The standard InChI is InChI=1S/C28H43N5O5/c1-15(2)11-21(31-25(34)22(12-16(3)4)32-27(36)24(29)17(5)6)26(35)33-23(28(37)38)13-18-14-30-20-10-8-7-9-19(18)20/h7-10,14-17,21-24,30H,11-13,29H2,1-6H3,(H,31,34)(H,32,36)(H,33,35)(H,37,38). The minimum absolute atomic E-state index is 0.0375. The first kappa shape index (κ1) is 30.8. The number of carboxylic acid groups (broad SMARTS) is 1. The molecule has 10 nitrogen and oxygen atoms in total. The van der Waals surface area contributed by atoms with Crippen molar-refractivity contribution in [2.24, 2.45) is 23.5 Å². The zero-order valence-corrected chi connectivity index (χ0v) is 23.2. The van der Waals surface area contributed by atoms with Crippen LogP contribution in [-0.2, 0) is 25.6 Å². The number of H-pyrrole nitrogens is 1. The molecule has 3 amide bonds. The fourth-order valence-corrected chi connectivity index (χ4v) is 4.24. The van der Waals surface area contributed by atoms with Crippen molar-refractivity contribution < 1.29 is 24.3 Å². The van der Waals surface area contributed by atoms with E-state index in [0.717, 1.165) is 16.5 Å². The maximum Gasteiger partial charge on any atom is 0.326 e. The Morgan fingerprint density at radius 2 is 1.32 bits per heavy atom. The summed E-state index contributed by atoms with van der Waals surface area (Å²) in [4.78, 5) is 54.3. The fourth-order valence-electron chi connectivity index (χ4n) is 4.24. The van der Waals surface area contributed by atoms with Crippen LogP contribution in [0.25, 0.3) is 10.9 Å². The van der Waals surface area contributed by atoms with Gasteiger partial charge in [-0.25, -0.2) is 4.79 Å². The first-order valence-electron chi connectivity index (χ1n) is 13.2. The summed E-state index contributed by atoms with van der Waals surface area (Å²) >= 11 is 0. The zero-order valence-electron chi connectivity index (χ0n) is 23.2. The molecule has 0 bridgehead atoms. The molecule has 4 unspecified atom stereocenters. The van der Waals surface area contributed by atoms with Crippen LogP contribution in [0.4, 0.5) is 0 Å². The highest BCUT2D eigenvalue weighted by molar-refractivity contribution is 5.94. The summed E-state index contributed by atoms with van der Waals surface area (Å²) in [7, 11) is 0. The molecule has 210 valence electrons. The number of benzene rings is 1. The van der Waals surface area contributed by atoms with Gasteiger partial charge in [-0.2, -0.15) is 0 Å². The largest absolute Gasteiger partial charge is 0.480 e. The molecule has 38 heavy (non-hydrogen) atoms. The van der Waals surface area contributed by atoms with Gasteiger partial charge in [0.2, 0.25) is 17.7 Å². The molecular formula is C28H43N5O5. The number of nitrogens with one attached hydrogen (secondary N) is 4. The molecule has 0 saturated carbocycles. The van der Waals surface area contributed by atoms with Crippen LogP contribution in [0.1, 0.15) is 59.9 Å². The Hall–Kier alpha value is -3.40. The van der Waals surface area contributed by atoms with Gasteiger partial charge in [-0.15, -0.1) is 0 Å². The molecule has 1 aromatic heterocycles. The van der Waals surface area contributed by atoms with Crippen molar-refractivity contribution in [3.8, 4) is 0 Å². The highest BCUT2D eigenvalue weighted by Gasteiger charge is 2.31. The number of hydrogen-bond acceptors (Lipinski definition) is 5. The van der Waals surface area contributed by atoms with E-state index in [2.05, 4.69) is 20.9 Å². The average molecular weight is 530 g/mol. The Labute approximate surface area is 224 Å². The van der Waals surface area contributed by atoms with E-state index in [1.165, 1.54) is 0 Å². The van der Waals surface area contributed by atoms with E-state index >= 15 is 0 Å². The highest BCUT2D eigenvalue weighted by Crippen LogP contribution is 2.19. The Kier molecular flexibility index (Phi) is 11.3. The number of carbonyl (C=O) groups excluding carboxylic acids is 3. The van der Waals surface area contributed by atoms with Gasteiger partial charge >= 0.3 is 5.97 Å². The Morgan fingerprint density at radius 3 is 1.82 bits per heavy atom. The van der Waals surface area contributed by atoms with Gasteiger partial charge in [0, 0.05) is 23.5 Å².